The number of aliphatic hydroxyl groups is 1. The normalized spacial score (nSPS) is 30.4. The minimum absolute atomic E-state index is 0.0686. The van der Waals surface area contributed by atoms with E-state index in [2.05, 4.69) is 10.6 Å². The summed E-state index contributed by atoms with van der Waals surface area (Å²) in [5, 5.41) is 15.6. The molecule has 2 aromatic rings. The Balaban J connectivity index is 1.50. The fourth-order valence-electron chi connectivity index (χ4n) is 7.15. The monoisotopic (exact) mass is 549 g/mol. The smallest absolute Gasteiger partial charge is 0.250 e. The fourth-order valence-corrected chi connectivity index (χ4v) is 7.15. The molecule has 3 heterocycles. The second kappa shape index (κ2) is 10.5. The molecule has 3 unspecified atom stereocenters. The summed E-state index contributed by atoms with van der Waals surface area (Å²) in [6.45, 7) is 10.3. The highest BCUT2D eigenvalue weighted by molar-refractivity contribution is 6.05. The van der Waals surface area contributed by atoms with Gasteiger partial charge in [0.2, 0.25) is 17.7 Å². The molecule has 3 aliphatic rings. The lowest BCUT2D eigenvalue weighted by molar-refractivity contribution is -0.144. The number of benzene rings is 2. The van der Waals surface area contributed by atoms with Gasteiger partial charge in [0.1, 0.15) is 17.4 Å². The molecule has 1 spiro atoms. The number of nitrogens with zero attached hydrogens (tertiary/aromatic N) is 1. The maximum atomic E-state index is 14.1. The third kappa shape index (κ3) is 4.36. The number of likely N-dealkylation sites (tertiary alicyclic amines) is 1. The maximum absolute atomic E-state index is 14.1. The summed E-state index contributed by atoms with van der Waals surface area (Å²) in [6.07, 6.45) is 0.796. The number of carbonyl (C=O) groups excluding carboxylic acids is 3. The van der Waals surface area contributed by atoms with Crippen LogP contribution in [0.3, 0.4) is 0 Å². The van der Waals surface area contributed by atoms with Gasteiger partial charge in [-0.25, -0.2) is 0 Å². The van der Waals surface area contributed by atoms with E-state index >= 15 is 0 Å². The van der Waals surface area contributed by atoms with Crippen LogP contribution in [0.2, 0.25) is 0 Å². The zero-order valence-corrected chi connectivity index (χ0v) is 23.8. The Labute approximate surface area is 235 Å². The molecule has 3 saturated heterocycles. The summed E-state index contributed by atoms with van der Waals surface area (Å²) in [5.41, 5.74) is 1.06. The molecule has 3 aliphatic heterocycles. The first-order chi connectivity index (χ1) is 19.1. The maximum Gasteiger partial charge on any atom is 0.250 e. The number of para-hydroxylation sites is 1. The first-order valence-electron chi connectivity index (χ1n) is 14.1. The average Bonchev–Trinajstić information content (AvgIpc) is 3.42. The summed E-state index contributed by atoms with van der Waals surface area (Å²) in [7, 11) is 0. The number of fused-ring (bicyclic) bond motifs is 1. The Morgan fingerprint density at radius 1 is 1.10 bits per heavy atom. The molecule has 3 amide bonds. The molecule has 40 heavy (non-hydrogen) atoms. The van der Waals surface area contributed by atoms with E-state index in [0.29, 0.717) is 36.6 Å². The molecular formula is C31H39N3O6. The second-order valence-electron chi connectivity index (χ2n) is 11.5. The molecule has 0 saturated carbocycles. The van der Waals surface area contributed by atoms with Gasteiger partial charge in [0.05, 0.1) is 24.0 Å². The predicted octanol–water partition coefficient (Wildman–Crippen LogP) is 3.67. The van der Waals surface area contributed by atoms with Crippen molar-refractivity contribution in [2.75, 3.05) is 30.4 Å². The average molecular weight is 550 g/mol. The van der Waals surface area contributed by atoms with Crippen molar-refractivity contribution < 1.29 is 29.0 Å². The number of amides is 3. The van der Waals surface area contributed by atoms with Gasteiger partial charge in [-0.05, 0) is 81.8 Å². The zero-order valence-electron chi connectivity index (χ0n) is 23.8. The van der Waals surface area contributed by atoms with Gasteiger partial charge in [-0.3, -0.25) is 14.4 Å². The molecule has 5 rings (SSSR count). The number of anilines is 2. The topological polar surface area (TPSA) is 117 Å². The molecule has 6 atom stereocenters. The highest BCUT2D eigenvalue weighted by Crippen LogP contribution is 2.65. The summed E-state index contributed by atoms with van der Waals surface area (Å²) in [6, 6.07) is 12.0. The fraction of sp³-hybridized carbons (Fsp3) is 0.516. The van der Waals surface area contributed by atoms with E-state index < -0.39 is 29.1 Å². The van der Waals surface area contributed by atoms with Gasteiger partial charge in [0, 0.05) is 24.5 Å². The number of hydrogen-bond acceptors (Lipinski definition) is 6. The van der Waals surface area contributed by atoms with Crippen molar-refractivity contribution in [2.45, 2.75) is 64.7 Å². The number of nitrogens with one attached hydrogen (secondary N) is 2. The van der Waals surface area contributed by atoms with Crippen molar-refractivity contribution in [2.24, 2.45) is 17.8 Å². The van der Waals surface area contributed by atoms with Crippen molar-refractivity contribution in [3.05, 3.63) is 53.6 Å². The van der Waals surface area contributed by atoms with Crippen LogP contribution >= 0.6 is 0 Å². The van der Waals surface area contributed by atoms with Crippen LogP contribution in [0.1, 0.15) is 44.7 Å². The van der Waals surface area contributed by atoms with Gasteiger partial charge in [-0.15, -0.1) is 0 Å². The van der Waals surface area contributed by atoms with Crippen LogP contribution in [-0.2, 0) is 19.1 Å². The van der Waals surface area contributed by atoms with E-state index in [-0.39, 0.29) is 36.8 Å². The highest BCUT2D eigenvalue weighted by atomic mass is 16.5. The zero-order chi connectivity index (χ0) is 28.8. The van der Waals surface area contributed by atoms with Gasteiger partial charge < -0.3 is 30.1 Å². The molecular weight excluding hydrogens is 510 g/mol. The third-order valence-electron chi connectivity index (χ3n) is 9.06. The summed E-state index contributed by atoms with van der Waals surface area (Å²) >= 11 is 0. The SMILES string of the molecule is CCOc1ccc(NC(=O)[C@H]2[C@H]3C(=O)N(CCCO)C(C(=O)Nc4c(C)cccc4C)C34CC(C)[C@]2(C)O4)cc1. The van der Waals surface area contributed by atoms with Crippen LogP contribution in [0.25, 0.3) is 0 Å². The molecule has 2 bridgehead atoms. The first-order valence-corrected chi connectivity index (χ1v) is 14.1. The quantitative estimate of drug-likeness (QED) is 0.440. The molecule has 0 aliphatic carbocycles. The van der Waals surface area contributed by atoms with Crippen LogP contribution in [0.5, 0.6) is 5.75 Å². The van der Waals surface area contributed by atoms with Crippen LogP contribution in [0.4, 0.5) is 11.4 Å². The molecule has 0 aromatic heterocycles. The minimum Gasteiger partial charge on any atom is -0.494 e. The summed E-state index contributed by atoms with van der Waals surface area (Å²) < 4.78 is 12.3. The lowest BCUT2D eigenvalue weighted by atomic mass is 9.62. The number of carbonyl (C=O) groups is 3. The van der Waals surface area contributed by atoms with E-state index in [9.17, 15) is 19.5 Å². The van der Waals surface area contributed by atoms with E-state index in [0.717, 1.165) is 11.1 Å². The Kier molecular flexibility index (Phi) is 7.39. The third-order valence-corrected chi connectivity index (χ3v) is 9.06. The Morgan fingerprint density at radius 3 is 2.40 bits per heavy atom. The van der Waals surface area contributed by atoms with Crippen molar-refractivity contribution in [3.63, 3.8) is 0 Å². The van der Waals surface area contributed by atoms with Gasteiger partial charge in [0.15, 0.2) is 0 Å². The van der Waals surface area contributed by atoms with Gasteiger partial charge in [0.25, 0.3) is 0 Å². The number of ether oxygens (including phenoxy) is 2. The Morgan fingerprint density at radius 2 is 1.77 bits per heavy atom. The number of aliphatic hydroxyl groups excluding tert-OH is 1. The van der Waals surface area contributed by atoms with Crippen LogP contribution in [0, 0.1) is 31.6 Å². The standard InChI is InChI=1S/C31H39N3O6/c1-6-39-22-13-11-21(12-14-22)32-27(36)23-24-29(38)34(15-8-16-35)26(31(24)17-20(4)30(23,5)40-31)28(37)33-25-18(2)9-7-10-19(25)3/h7,9-14,20,23-24,26,35H,6,8,15-17H2,1-5H3,(H,32,36)(H,33,37)/t20?,23-,24+,26?,30+,31?/m1/s1. The largest absolute Gasteiger partial charge is 0.494 e. The van der Waals surface area contributed by atoms with Crippen LogP contribution < -0.4 is 15.4 Å². The summed E-state index contributed by atoms with van der Waals surface area (Å²) in [4.78, 5) is 43.6. The van der Waals surface area contributed by atoms with Crippen molar-refractivity contribution >= 4 is 29.1 Å². The van der Waals surface area contributed by atoms with Gasteiger partial charge >= 0.3 is 0 Å². The number of aryl methyl sites for hydroxylation is 2. The summed E-state index contributed by atoms with van der Waals surface area (Å²) in [5.74, 6) is -1.90. The molecule has 3 N–H and O–H groups in total. The van der Waals surface area contributed by atoms with E-state index in [1.54, 1.807) is 24.3 Å². The van der Waals surface area contributed by atoms with Crippen LogP contribution in [0.15, 0.2) is 42.5 Å². The van der Waals surface area contributed by atoms with Crippen molar-refractivity contribution in [1.82, 2.24) is 4.90 Å². The predicted molar refractivity (Wildman–Crippen MR) is 151 cm³/mol. The Bertz CT molecular complexity index is 1290. The lowest BCUT2D eigenvalue weighted by Crippen LogP contribution is -2.54. The molecule has 0 radical (unpaired) electrons. The number of hydrogen-bond donors (Lipinski definition) is 3. The molecule has 2 aromatic carbocycles. The van der Waals surface area contributed by atoms with E-state index in [4.69, 9.17) is 9.47 Å². The van der Waals surface area contributed by atoms with Crippen molar-refractivity contribution in [3.8, 4) is 5.75 Å². The molecule has 3 fully saturated rings. The number of rotatable bonds is 9. The minimum atomic E-state index is -1.15. The van der Waals surface area contributed by atoms with Crippen LogP contribution in [-0.4, -0.2) is 64.7 Å². The molecule has 9 nitrogen and oxygen atoms in total. The van der Waals surface area contributed by atoms with E-state index in [1.807, 2.05) is 52.8 Å². The molecule has 214 valence electrons. The highest BCUT2D eigenvalue weighted by Gasteiger charge is 2.79. The van der Waals surface area contributed by atoms with Gasteiger partial charge in [-0.1, -0.05) is 25.1 Å². The second-order valence-corrected chi connectivity index (χ2v) is 11.5. The van der Waals surface area contributed by atoms with E-state index in [1.165, 1.54) is 4.90 Å². The lowest BCUT2D eigenvalue weighted by Gasteiger charge is -2.36. The Hall–Kier alpha value is -3.43. The first kappa shape index (κ1) is 28.1. The van der Waals surface area contributed by atoms with Gasteiger partial charge in [-0.2, -0.15) is 0 Å². The van der Waals surface area contributed by atoms with Crippen molar-refractivity contribution in [1.29, 1.82) is 0 Å². The molecule has 9 heteroatoms.